The third kappa shape index (κ3) is 5.09. The summed E-state index contributed by atoms with van der Waals surface area (Å²) >= 11 is 1.33. The second-order valence-electron chi connectivity index (χ2n) is 6.52. The topological polar surface area (TPSA) is 86.1 Å². The van der Waals surface area contributed by atoms with E-state index in [1.165, 1.54) is 31.0 Å². The van der Waals surface area contributed by atoms with E-state index in [-0.39, 0.29) is 24.1 Å². The van der Waals surface area contributed by atoms with Crippen molar-refractivity contribution in [3.8, 4) is 11.4 Å². The van der Waals surface area contributed by atoms with Gasteiger partial charge in [0.05, 0.1) is 18.4 Å². The Balaban J connectivity index is 1.66. The summed E-state index contributed by atoms with van der Waals surface area (Å²) in [6.07, 6.45) is 4.28. The summed E-state index contributed by atoms with van der Waals surface area (Å²) in [5, 5.41) is 11.2. The number of amides is 1. The third-order valence-corrected chi connectivity index (χ3v) is 5.45. The molecule has 0 spiro atoms. The molecule has 7 nitrogen and oxygen atoms in total. The van der Waals surface area contributed by atoms with Gasteiger partial charge in [0.25, 0.3) is 0 Å². The number of fused-ring (bicyclic) bond motifs is 1. The van der Waals surface area contributed by atoms with Crippen LogP contribution in [0.2, 0.25) is 0 Å². The molecule has 9 heteroatoms. The first-order chi connectivity index (χ1) is 13.6. The number of halogens is 1. The Kier molecular flexibility index (Phi) is 7.02. The van der Waals surface area contributed by atoms with Gasteiger partial charge in [0.1, 0.15) is 11.6 Å². The van der Waals surface area contributed by atoms with Crippen LogP contribution in [0.1, 0.15) is 31.5 Å². The number of anilines is 1. The second kappa shape index (κ2) is 9.68. The predicted octanol–water partition coefficient (Wildman–Crippen LogP) is 3.05. The van der Waals surface area contributed by atoms with Crippen molar-refractivity contribution in [2.45, 2.75) is 38.6 Å². The molecule has 0 aliphatic carbocycles. The fourth-order valence-electron chi connectivity index (χ4n) is 3.06. The molecule has 2 aromatic rings. The molecule has 1 aliphatic heterocycles. The van der Waals surface area contributed by atoms with Crippen LogP contribution in [0.4, 0.5) is 10.1 Å². The van der Waals surface area contributed by atoms with Crippen LogP contribution >= 0.6 is 11.8 Å². The Labute approximate surface area is 167 Å². The Morgan fingerprint density at radius 3 is 2.96 bits per heavy atom. The molecule has 0 atom stereocenters. The molecule has 1 aromatic heterocycles. The number of aryl methyl sites for hydroxylation is 1. The van der Waals surface area contributed by atoms with Crippen molar-refractivity contribution in [1.82, 2.24) is 14.8 Å². The molecule has 0 fully saturated rings. The molecule has 0 bridgehead atoms. The van der Waals surface area contributed by atoms with Gasteiger partial charge >= 0.3 is 5.97 Å². The summed E-state index contributed by atoms with van der Waals surface area (Å²) in [5.74, 6) is 1.17. The lowest BCUT2D eigenvalue weighted by Crippen LogP contribution is -2.13. The molecule has 1 aromatic carbocycles. The summed E-state index contributed by atoms with van der Waals surface area (Å²) in [6.45, 7) is 0.769. The number of aromatic nitrogens is 3. The van der Waals surface area contributed by atoms with Crippen LogP contribution in [0.25, 0.3) is 11.4 Å². The van der Waals surface area contributed by atoms with Crippen LogP contribution in [0.3, 0.4) is 0 Å². The Bertz CT molecular complexity index is 856. The van der Waals surface area contributed by atoms with Gasteiger partial charge < -0.3 is 14.6 Å². The second-order valence-corrected chi connectivity index (χ2v) is 7.63. The molecule has 1 N–H and O–H groups in total. The van der Waals surface area contributed by atoms with Crippen molar-refractivity contribution in [3.63, 3.8) is 0 Å². The number of nitrogens with zero attached hydrogens (tertiary/aromatic N) is 3. The van der Waals surface area contributed by atoms with E-state index in [1.54, 1.807) is 6.07 Å². The molecule has 0 saturated heterocycles. The van der Waals surface area contributed by atoms with Crippen molar-refractivity contribution in [1.29, 1.82) is 0 Å². The van der Waals surface area contributed by atoms with E-state index in [4.69, 9.17) is 0 Å². The number of esters is 1. The highest BCUT2D eigenvalue weighted by Crippen LogP contribution is 2.27. The molecule has 0 radical (unpaired) electrons. The lowest BCUT2D eigenvalue weighted by molar-refractivity contribution is -0.137. The van der Waals surface area contributed by atoms with Crippen molar-refractivity contribution in [3.05, 3.63) is 29.8 Å². The molecule has 2 heterocycles. The average molecular weight is 406 g/mol. The van der Waals surface area contributed by atoms with Crippen molar-refractivity contribution in [2.24, 2.45) is 0 Å². The first-order valence-electron chi connectivity index (χ1n) is 9.25. The predicted molar refractivity (Wildman–Crippen MR) is 106 cm³/mol. The molecule has 3 rings (SSSR count). The van der Waals surface area contributed by atoms with Crippen LogP contribution in [0.15, 0.2) is 18.2 Å². The fourth-order valence-corrected chi connectivity index (χ4v) is 3.82. The molecule has 1 amide bonds. The van der Waals surface area contributed by atoms with E-state index in [2.05, 4.69) is 20.3 Å². The van der Waals surface area contributed by atoms with E-state index in [0.29, 0.717) is 22.8 Å². The fraction of sp³-hybridized carbons (Fsp3) is 0.474. The van der Waals surface area contributed by atoms with Gasteiger partial charge in [-0.05, 0) is 31.0 Å². The van der Waals surface area contributed by atoms with Crippen molar-refractivity contribution >= 4 is 29.3 Å². The molecule has 28 heavy (non-hydrogen) atoms. The van der Waals surface area contributed by atoms with E-state index >= 15 is 0 Å². The number of benzene rings is 1. The first-order valence-corrected chi connectivity index (χ1v) is 10.4. The SMILES string of the molecule is COC(=O)CSCCC(=O)Nc1ccc(F)c(-c2nnc3n2CCCCC3)c1. The van der Waals surface area contributed by atoms with Gasteiger partial charge in [-0.2, -0.15) is 0 Å². The zero-order chi connectivity index (χ0) is 19.9. The number of methoxy groups -OCH3 is 1. The van der Waals surface area contributed by atoms with Crippen LogP contribution in [0.5, 0.6) is 0 Å². The van der Waals surface area contributed by atoms with Crippen molar-refractivity contribution < 1.29 is 18.7 Å². The Morgan fingerprint density at radius 1 is 1.29 bits per heavy atom. The molecular weight excluding hydrogens is 383 g/mol. The minimum absolute atomic E-state index is 0.199. The minimum Gasteiger partial charge on any atom is -0.468 e. The highest BCUT2D eigenvalue weighted by atomic mass is 32.2. The standard InChI is InChI=1S/C19H23FN4O3S/c1-27-18(26)12-28-10-8-17(25)21-13-6-7-15(20)14(11-13)19-23-22-16-5-3-2-4-9-24(16)19/h6-7,11H,2-5,8-10,12H2,1H3,(H,21,25). The smallest absolute Gasteiger partial charge is 0.315 e. The number of hydrogen-bond donors (Lipinski definition) is 1. The number of thioether (sulfide) groups is 1. The molecule has 150 valence electrons. The lowest BCUT2D eigenvalue weighted by atomic mass is 10.1. The lowest BCUT2D eigenvalue weighted by Gasteiger charge is -2.10. The van der Waals surface area contributed by atoms with Gasteiger partial charge in [-0.3, -0.25) is 9.59 Å². The molecular formula is C19H23FN4O3S. The maximum atomic E-state index is 14.5. The maximum absolute atomic E-state index is 14.5. The van der Waals surface area contributed by atoms with Crippen LogP contribution in [-0.2, 0) is 27.3 Å². The summed E-state index contributed by atoms with van der Waals surface area (Å²) in [6, 6.07) is 4.45. The zero-order valence-electron chi connectivity index (χ0n) is 15.7. The van der Waals surface area contributed by atoms with Gasteiger partial charge in [0, 0.05) is 30.8 Å². The van der Waals surface area contributed by atoms with Gasteiger partial charge in [0.15, 0.2) is 5.82 Å². The summed E-state index contributed by atoms with van der Waals surface area (Å²) < 4.78 is 21.0. The van der Waals surface area contributed by atoms with E-state index in [0.717, 1.165) is 38.1 Å². The first kappa shape index (κ1) is 20.3. The number of carbonyl (C=O) groups is 2. The van der Waals surface area contributed by atoms with Crippen LogP contribution in [-0.4, -0.2) is 45.3 Å². The number of ether oxygens (including phenoxy) is 1. The molecule has 1 aliphatic rings. The van der Waals surface area contributed by atoms with E-state index < -0.39 is 5.82 Å². The zero-order valence-corrected chi connectivity index (χ0v) is 16.6. The largest absolute Gasteiger partial charge is 0.468 e. The number of rotatable bonds is 7. The van der Waals surface area contributed by atoms with Gasteiger partial charge in [-0.25, -0.2) is 4.39 Å². The van der Waals surface area contributed by atoms with Crippen LogP contribution < -0.4 is 5.32 Å². The third-order valence-electron chi connectivity index (χ3n) is 4.52. The van der Waals surface area contributed by atoms with Crippen molar-refractivity contribution in [2.75, 3.05) is 23.9 Å². The van der Waals surface area contributed by atoms with Gasteiger partial charge in [0.2, 0.25) is 5.91 Å². The summed E-state index contributed by atoms with van der Waals surface area (Å²) in [5.41, 5.74) is 0.837. The van der Waals surface area contributed by atoms with E-state index in [9.17, 15) is 14.0 Å². The highest BCUT2D eigenvalue weighted by Gasteiger charge is 2.19. The summed E-state index contributed by atoms with van der Waals surface area (Å²) in [7, 11) is 1.33. The summed E-state index contributed by atoms with van der Waals surface area (Å²) in [4.78, 5) is 23.2. The molecule has 0 saturated carbocycles. The van der Waals surface area contributed by atoms with Crippen LogP contribution in [0, 0.1) is 5.82 Å². The monoisotopic (exact) mass is 406 g/mol. The Morgan fingerprint density at radius 2 is 2.14 bits per heavy atom. The number of nitrogens with one attached hydrogen (secondary N) is 1. The average Bonchev–Trinajstić information content (AvgIpc) is 2.94. The van der Waals surface area contributed by atoms with E-state index in [1.807, 2.05) is 4.57 Å². The number of carbonyl (C=O) groups excluding carboxylic acids is 2. The normalized spacial score (nSPS) is 13.5. The highest BCUT2D eigenvalue weighted by molar-refractivity contribution is 7.99. The number of hydrogen-bond acceptors (Lipinski definition) is 6. The Hall–Kier alpha value is -2.42. The van der Waals surface area contributed by atoms with Gasteiger partial charge in [-0.1, -0.05) is 6.42 Å². The van der Waals surface area contributed by atoms with Gasteiger partial charge in [-0.15, -0.1) is 22.0 Å². The molecule has 0 unspecified atom stereocenters. The minimum atomic E-state index is -0.397. The quantitative estimate of drug-likeness (QED) is 0.562. The maximum Gasteiger partial charge on any atom is 0.315 e.